The fraction of sp³-hybridized carbons (Fsp3) is 0.500. The maximum atomic E-state index is 12.1. The highest BCUT2D eigenvalue weighted by Gasteiger charge is 2.26. The number of nitrogens with two attached hydrogens (primary N) is 1. The number of rotatable bonds is 6. The molecule has 1 aromatic carbocycles. The van der Waals surface area contributed by atoms with Crippen molar-refractivity contribution in [1.82, 2.24) is 0 Å². The van der Waals surface area contributed by atoms with Crippen LogP contribution in [0.3, 0.4) is 0 Å². The summed E-state index contributed by atoms with van der Waals surface area (Å²) in [7, 11) is 4.57. The molecular formula is C14H22N2O4. The molecule has 0 aliphatic rings. The summed E-state index contributed by atoms with van der Waals surface area (Å²) >= 11 is 0. The van der Waals surface area contributed by atoms with Gasteiger partial charge in [-0.15, -0.1) is 0 Å². The van der Waals surface area contributed by atoms with E-state index in [4.69, 9.17) is 19.9 Å². The molecule has 6 heteroatoms. The van der Waals surface area contributed by atoms with E-state index in [2.05, 4.69) is 5.32 Å². The van der Waals surface area contributed by atoms with Crippen LogP contribution in [0.5, 0.6) is 17.2 Å². The number of benzene rings is 1. The number of nitrogens with one attached hydrogen (secondary N) is 1. The molecule has 0 fully saturated rings. The van der Waals surface area contributed by atoms with E-state index in [0.29, 0.717) is 22.9 Å². The molecule has 1 rings (SSSR count). The fourth-order valence-corrected chi connectivity index (χ4v) is 1.55. The van der Waals surface area contributed by atoms with E-state index in [0.717, 1.165) is 0 Å². The summed E-state index contributed by atoms with van der Waals surface area (Å²) in [5.74, 6) is 1.26. The van der Waals surface area contributed by atoms with Gasteiger partial charge in [-0.2, -0.15) is 0 Å². The largest absolute Gasteiger partial charge is 0.493 e. The normalized spacial score (nSPS) is 10.9. The van der Waals surface area contributed by atoms with E-state index >= 15 is 0 Å². The number of carbonyl (C=O) groups excluding carboxylic acids is 1. The quantitative estimate of drug-likeness (QED) is 0.828. The predicted octanol–water partition coefficient (Wildman–Crippen LogP) is 1.64. The van der Waals surface area contributed by atoms with Crippen molar-refractivity contribution in [2.75, 3.05) is 33.2 Å². The van der Waals surface area contributed by atoms with Gasteiger partial charge >= 0.3 is 0 Å². The summed E-state index contributed by atoms with van der Waals surface area (Å²) in [4.78, 5) is 12.1. The summed E-state index contributed by atoms with van der Waals surface area (Å²) in [5.41, 5.74) is 5.50. The van der Waals surface area contributed by atoms with Gasteiger partial charge in [0, 0.05) is 24.4 Å². The van der Waals surface area contributed by atoms with Gasteiger partial charge in [0.25, 0.3) is 0 Å². The third-order valence-electron chi connectivity index (χ3n) is 3.05. The first-order valence-electron chi connectivity index (χ1n) is 6.21. The second-order valence-corrected chi connectivity index (χ2v) is 4.96. The molecule has 0 saturated heterocycles. The Labute approximate surface area is 119 Å². The summed E-state index contributed by atoms with van der Waals surface area (Å²) in [6.07, 6.45) is 0. The van der Waals surface area contributed by atoms with Gasteiger partial charge < -0.3 is 25.3 Å². The van der Waals surface area contributed by atoms with Crippen molar-refractivity contribution in [3.63, 3.8) is 0 Å². The van der Waals surface area contributed by atoms with Gasteiger partial charge in [-0.3, -0.25) is 4.79 Å². The first kappa shape index (κ1) is 16.1. The lowest BCUT2D eigenvalue weighted by Gasteiger charge is -2.22. The lowest BCUT2D eigenvalue weighted by molar-refractivity contribution is -0.123. The number of anilines is 1. The van der Waals surface area contributed by atoms with E-state index in [-0.39, 0.29) is 12.5 Å². The van der Waals surface area contributed by atoms with E-state index in [1.165, 1.54) is 21.3 Å². The molecular weight excluding hydrogens is 260 g/mol. The van der Waals surface area contributed by atoms with Crippen LogP contribution in [0, 0.1) is 5.41 Å². The highest BCUT2D eigenvalue weighted by molar-refractivity contribution is 5.95. The molecule has 1 aromatic rings. The van der Waals surface area contributed by atoms with Crippen LogP contribution in [0.1, 0.15) is 13.8 Å². The molecule has 0 bridgehead atoms. The van der Waals surface area contributed by atoms with Gasteiger partial charge in [0.2, 0.25) is 11.7 Å². The summed E-state index contributed by atoms with van der Waals surface area (Å²) in [6.45, 7) is 3.81. The predicted molar refractivity (Wildman–Crippen MR) is 77.6 cm³/mol. The summed E-state index contributed by atoms with van der Waals surface area (Å²) in [5, 5.41) is 2.80. The number of amides is 1. The Balaban J connectivity index is 3.11. The maximum Gasteiger partial charge on any atom is 0.231 e. The van der Waals surface area contributed by atoms with Crippen molar-refractivity contribution in [2.24, 2.45) is 11.1 Å². The van der Waals surface area contributed by atoms with Crippen LogP contribution in [0.15, 0.2) is 12.1 Å². The summed E-state index contributed by atoms with van der Waals surface area (Å²) < 4.78 is 15.7. The van der Waals surface area contributed by atoms with Crippen LogP contribution in [-0.4, -0.2) is 33.8 Å². The standard InChI is InChI=1S/C14H22N2O4/c1-14(2,8-15)13(17)16-9-6-10(18-3)12(20-5)11(7-9)19-4/h6-7H,8,15H2,1-5H3,(H,16,17). The lowest BCUT2D eigenvalue weighted by atomic mass is 9.92. The SMILES string of the molecule is COc1cc(NC(=O)C(C)(C)CN)cc(OC)c1OC. The summed E-state index contributed by atoms with van der Waals surface area (Å²) in [6, 6.07) is 3.34. The number of hydrogen-bond donors (Lipinski definition) is 2. The van der Waals surface area contributed by atoms with E-state index in [9.17, 15) is 4.79 Å². The van der Waals surface area contributed by atoms with Crippen molar-refractivity contribution >= 4 is 11.6 Å². The third kappa shape index (κ3) is 3.33. The van der Waals surface area contributed by atoms with Gasteiger partial charge in [-0.1, -0.05) is 0 Å². The average molecular weight is 282 g/mol. The van der Waals surface area contributed by atoms with Crippen LogP contribution in [-0.2, 0) is 4.79 Å². The molecule has 112 valence electrons. The highest BCUT2D eigenvalue weighted by atomic mass is 16.5. The number of carbonyl (C=O) groups is 1. The van der Waals surface area contributed by atoms with E-state index < -0.39 is 5.41 Å². The topological polar surface area (TPSA) is 82.8 Å². The molecule has 20 heavy (non-hydrogen) atoms. The third-order valence-corrected chi connectivity index (χ3v) is 3.05. The second-order valence-electron chi connectivity index (χ2n) is 4.96. The molecule has 0 spiro atoms. The first-order chi connectivity index (χ1) is 9.39. The molecule has 0 aliphatic carbocycles. The molecule has 0 atom stereocenters. The smallest absolute Gasteiger partial charge is 0.231 e. The number of ether oxygens (including phenoxy) is 3. The molecule has 0 saturated carbocycles. The zero-order valence-corrected chi connectivity index (χ0v) is 12.6. The molecule has 0 aliphatic heterocycles. The minimum Gasteiger partial charge on any atom is -0.493 e. The molecule has 3 N–H and O–H groups in total. The minimum absolute atomic E-state index is 0.172. The molecule has 0 heterocycles. The fourth-order valence-electron chi connectivity index (χ4n) is 1.55. The van der Waals surface area contributed by atoms with Gasteiger partial charge in [0.05, 0.1) is 26.7 Å². The van der Waals surface area contributed by atoms with Crippen molar-refractivity contribution in [2.45, 2.75) is 13.8 Å². The van der Waals surface area contributed by atoms with Crippen LogP contribution in [0.2, 0.25) is 0 Å². The van der Waals surface area contributed by atoms with Gasteiger partial charge in [0.1, 0.15) is 0 Å². The Morgan fingerprint density at radius 3 is 2.00 bits per heavy atom. The van der Waals surface area contributed by atoms with Gasteiger partial charge in [0.15, 0.2) is 11.5 Å². The van der Waals surface area contributed by atoms with Gasteiger partial charge in [-0.25, -0.2) is 0 Å². The average Bonchev–Trinajstić information content (AvgIpc) is 2.45. The van der Waals surface area contributed by atoms with Crippen LogP contribution in [0.25, 0.3) is 0 Å². The highest BCUT2D eigenvalue weighted by Crippen LogP contribution is 2.40. The lowest BCUT2D eigenvalue weighted by Crippen LogP contribution is -2.37. The van der Waals surface area contributed by atoms with Gasteiger partial charge in [-0.05, 0) is 13.8 Å². The minimum atomic E-state index is -0.652. The molecule has 0 aromatic heterocycles. The Morgan fingerprint density at radius 1 is 1.15 bits per heavy atom. The number of hydrogen-bond acceptors (Lipinski definition) is 5. The Morgan fingerprint density at radius 2 is 1.65 bits per heavy atom. The second kappa shape index (κ2) is 6.47. The Kier molecular flexibility index (Phi) is 5.21. The van der Waals surface area contributed by atoms with Crippen molar-refractivity contribution in [3.8, 4) is 17.2 Å². The monoisotopic (exact) mass is 282 g/mol. The maximum absolute atomic E-state index is 12.1. The van der Waals surface area contributed by atoms with Crippen molar-refractivity contribution in [1.29, 1.82) is 0 Å². The zero-order valence-electron chi connectivity index (χ0n) is 12.6. The van der Waals surface area contributed by atoms with E-state index in [1.807, 2.05) is 0 Å². The van der Waals surface area contributed by atoms with Crippen molar-refractivity contribution in [3.05, 3.63) is 12.1 Å². The Bertz CT molecular complexity index is 461. The number of methoxy groups -OCH3 is 3. The first-order valence-corrected chi connectivity index (χ1v) is 6.21. The van der Waals surface area contributed by atoms with E-state index in [1.54, 1.807) is 26.0 Å². The van der Waals surface area contributed by atoms with Crippen LogP contribution in [0.4, 0.5) is 5.69 Å². The van der Waals surface area contributed by atoms with Crippen molar-refractivity contribution < 1.29 is 19.0 Å². The Hall–Kier alpha value is -1.95. The van der Waals surface area contributed by atoms with Crippen LogP contribution < -0.4 is 25.3 Å². The molecule has 1 amide bonds. The molecule has 0 radical (unpaired) electrons. The zero-order chi connectivity index (χ0) is 15.3. The molecule has 6 nitrogen and oxygen atoms in total. The van der Waals surface area contributed by atoms with Crippen LogP contribution >= 0.6 is 0 Å². The molecule has 0 unspecified atom stereocenters.